The van der Waals surface area contributed by atoms with E-state index < -0.39 is 10.0 Å². The lowest BCUT2D eigenvalue weighted by Gasteiger charge is -2.34. The standard InChI is InChI=1S/C20H24N6O2S/c1-16-17(2)26(15-23-16)20-12-19(21-14-22-20)24-8-10-25(11-9-24)29(27,28)13-18-6-4-3-5-7-18/h3-7,12,14-15H,8-11,13H2,1-2H3. The predicted molar refractivity (Wildman–Crippen MR) is 111 cm³/mol. The highest BCUT2D eigenvalue weighted by molar-refractivity contribution is 7.88. The van der Waals surface area contributed by atoms with Crippen LogP contribution in [-0.2, 0) is 15.8 Å². The Balaban J connectivity index is 1.45. The minimum Gasteiger partial charge on any atom is -0.354 e. The molecule has 0 radical (unpaired) electrons. The molecule has 8 nitrogen and oxygen atoms in total. The summed E-state index contributed by atoms with van der Waals surface area (Å²) in [5.74, 6) is 1.58. The maximum atomic E-state index is 12.7. The Labute approximate surface area is 170 Å². The number of hydrogen-bond acceptors (Lipinski definition) is 6. The number of imidazole rings is 1. The summed E-state index contributed by atoms with van der Waals surface area (Å²) in [6.45, 7) is 6.03. The predicted octanol–water partition coefficient (Wildman–Crippen LogP) is 1.93. The SMILES string of the molecule is Cc1ncn(-c2cc(N3CCN(S(=O)(=O)Cc4ccccc4)CC3)ncn2)c1C. The fourth-order valence-corrected chi connectivity index (χ4v) is 4.96. The van der Waals surface area contributed by atoms with Crippen LogP contribution in [0.15, 0.2) is 49.1 Å². The van der Waals surface area contributed by atoms with Crippen molar-refractivity contribution in [3.05, 3.63) is 66.0 Å². The van der Waals surface area contributed by atoms with E-state index in [9.17, 15) is 8.42 Å². The zero-order valence-corrected chi connectivity index (χ0v) is 17.4. The van der Waals surface area contributed by atoms with Crippen molar-refractivity contribution < 1.29 is 8.42 Å². The van der Waals surface area contributed by atoms with Gasteiger partial charge in [0.2, 0.25) is 10.0 Å². The number of aryl methyl sites for hydroxylation is 1. The lowest BCUT2D eigenvalue weighted by Crippen LogP contribution is -2.49. The average Bonchev–Trinajstić information content (AvgIpc) is 3.07. The van der Waals surface area contributed by atoms with Crippen LogP contribution in [0.25, 0.3) is 5.82 Å². The lowest BCUT2D eigenvalue weighted by atomic mass is 10.2. The molecule has 1 aromatic carbocycles. The summed E-state index contributed by atoms with van der Waals surface area (Å²) in [6.07, 6.45) is 3.29. The molecular formula is C20H24N6O2S. The van der Waals surface area contributed by atoms with E-state index in [0.717, 1.165) is 28.6 Å². The molecule has 0 aliphatic carbocycles. The quantitative estimate of drug-likeness (QED) is 0.637. The largest absolute Gasteiger partial charge is 0.354 e. The zero-order chi connectivity index (χ0) is 20.4. The molecule has 1 fully saturated rings. The summed E-state index contributed by atoms with van der Waals surface area (Å²) in [4.78, 5) is 15.2. The monoisotopic (exact) mass is 412 g/mol. The number of benzene rings is 1. The topological polar surface area (TPSA) is 84.2 Å². The summed E-state index contributed by atoms with van der Waals surface area (Å²) in [5.41, 5.74) is 2.80. The minimum absolute atomic E-state index is 0.0325. The van der Waals surface area contributed by atoms with Gasteiger partial charge in [0.1, 0.15) is 24.3 Å². The first-order valence-electron chi connectivity index (χ1n) is 9.54. The Kier molecular flexibility index (Phi) is 5.33. The Morgan fingerprint density at radius 3 is 2.28 bits per heavy atom. The molecule has 3 heterocycles. The molecule has 0 amide bonds. The molecule has 1 aliphatic heterocycles. The first-order chi connectivity index (χ1) is 13.9. The summed E-state index contributed by atoms with van der Waals surface area (Å²) in [7, 11) is -3.33. The van der Waals surface area contributed by atoms with Gasteiger partial charge < -0.3 is 4.90 Å². The highest BCUT2D eigenvalue weighted by Gasteiger charge is 2.27. The normalized spacial score (nSPS) is 15.6. The second-order valence-corrected chi connectivity index (χ2v) is 9.12. The Bertz CT molecular complexity index is 1090. The van der Waals surface area contributed by atoms with Crippen molar-refractivity contribution in [2.24, 2.45) is 0 Å². The highest BCUT2D eigenvalue weighted by atomic mass is 32.2. The molecule has 1 saturated heterocycles. The molecule has 29 heavy (non-hydrogen) atoms. The van der Waals surface area contributed by atoms with E-state index in [1.54, 1.807) is 10.6 Å². The van der Waals surface area contributed by atoms with Crippen molar-refractivity contribution in [3.8, 4) is 5.82 Å². The number of sulfonamides is 1. The molecule has 4 rings (SSSR count). The number of piperazine rings is 1. The number of aromatic nitrogens is 4. The Morgan fingerprint density at radius 1 is 0.931 bits per heavy atom. The van der Waals surface area contributed by atoms with E-state index in [1.165, 1.54) is 6.33 Å². The molecule has 0 unspecified atom stereocenters. The van der Waals surface area contributed by atoms with Crippen LogP contribution in [0.4, 0.5) is 5.82 Å². The molecule has 2 aromatic heterocycles. The van der Waals surface area contributed by atoms with Crippen molar-refractivity contribution in [1.29, 1.82) is 0 Å². The van der Waals surface area contributed by atoms with Gasteiger partial charge in [-0.3, -0.25) is 4.57 Å². The van der Waals surface area contributed by atoms with Crippen molar-refractivity contribution >= 4 is 15.8 Å². The molecule has 3 aromatic rings. The van der Waals surface area contributed by atoms with Gasteiger partial charge >= 0.3 is 0 Å². The van der Waals surface area contributed by atoms with E-state index in [4.69, 9.17) is 0 Å². The van der Waals surface area contributed by atoms with Gasteiger partial charge in [-0.2, -0.15) is 4.31 Å². The number of nitrogens with zero attached hydrogens (tertiary/aromatic N) is 6. The molecular weight excluding hydrogens is 388 g/mol. The first-order valence-corrected chi connectivity index (χ1v) is 11.1. The fourth-order valence-electron chi connectivity index (χ4n) is 3.44. The van der Waals surface area contributed by atoms with Gasteiger partial charge in [0.15, 0.2) is 0 Å². The van der Waals surface area contributed by atoms with Gasteiger partial charge in [-0.1, -0.05) is 30.3 Å². The maximum absolute atomic E-state index is 12.7. The summed E-state index contributed by atoms with van der Waals surface area (Å²) in [6, 6.07) is 11.2. The van der Waals surface area contributed by atoms with Crippen LogP contribution in [-0.4, -0.2) is 58.4 Å². The lowest BCUT2D eigenvalue weighted by molar-refractivity contribution is 0.383. The van der Waals surface area contributed by atoms with Gasteiger partial charge in [-0.05, 0) is 19.4 Å². The van der Waals surface area contributed by atoms with Crippen LogP contribution in [0.2, 0.25) is 0 Å². The first kappa shape index (κ1) is 19.5. The Morgan fingerprint density at radius 2 is 1.62 bits per heavy atom. The molecule has 0 spiro atoms. The molecule has 9 heteroatoms. The Hall–Kier alpha value is -2.78. The number of anilines is 1. The van der Waals surface area contributed by atoms with Gasteiger partial charge in [0.25, 0.3) is 0 Å². The molecule has 0 saturated carbocycles. The smallest absolute Gasteiger partial charge is 0.218 e. The van der Waals surface area contributed by atoms with Crippen LogP contribution < -0.4 is 4.90 Å². The summed E-state index contributed by atoms with van der Waals surface area (Å²) < 4.78 is 29.0. The van der Waals surface area contributed by atoms with Crippen molar-refractivity contribution in [1.82, 2.24) is 23.8 Å². The van der Waals surface area contributed by atoms with Crippen molar-refractivity contribution in [2.75, 3.05) is 31.1 Å². The molecule has 0 atom stereocenters. The number of rotatable bonds is 5. The van der Waals surface area contributed by atoms with Crippen LogP contribution in [0.3, 0.4) is 0 Å². The third-order valence-corrected chi connectivity index (χ3v) is 7.13. The third-order valence-electron chi connectivity index (χ3n) is 5.28. The van der Waals surface area contributed by atoms with E-state index in [-0.39, 0.29) is 5.75 Å². The fraction of sp³-hybridized carbons (Fsp3) is 0.350. The maximum Gasteiger partial charge on any atom is 0.218 e. The van der Waals surface area contributed by atoms with Crippen LogP contribution in [0.5, 0.6) is 0 Å². The minimum atomic E-state index is -3.33. The summed E-state index contributed by atoms with van der Waals surface area (Å²) >= 11 is 0. The van der Waals surface area contributed by atoms with Gasteiger partial charge in [-0.25, -0.2) is 23.4 Å². The molecule has 1 aliphatic rings. The van der Waals surface area contributed by atoms with E-state index in [2.05, 4.69) is 19.9 Å². The second-order valence-electron chi connectivity index (χ2n) is 7.15. The van der Waals surface area contributed by atoms with E-state index >= 15 is 0 Å². The molecule has 0 N–H and O–H groups in total. The third kappa shape index (κ3) is 4.15. The van der Waals surface area contributed by atoms with Crippen LogP contribution in [0.1, 0.15) is 17.0 Å². The van der Waals surface area contributed by atoms with Gasteiger partial charge in [0.05, 0.1) is 11.4 Å². The van der Waals surface area contributed by atoms with Crippen LogP contribution in [0, 0.1) is 13.8 Å². The van der Waals surface area contributed by atoms with Crippen molar-refractivity contribution in [3.63, 3.8) is 0 Å². The second kappa shape index (κ2) is 7.92. The molecule has 0 bridgehead atoms. The highest BCUT2D eigenvalue weighted by Crippen LogP contribution is 2.20. The molecule has 152 valence electrons. The van der Waals surface area contributed by atoms with Crippen molar-refractivity contribution in [2.45, 2.75) is 19.6 Å². The van der Waals surface area contributed by atoms with Gasteiger partial charge in [0, 0.05) is 37.9 Å². The van der Waals surface area contributed by atoms with E-state index in [1.807, 2.05) is 54.8 Å². The summed E-state index contributed by atoms with van der Waals surface area (Å²) in [5, 5.41) is 0. The average molecular weight is 413 g/mol. The zero-order valence-electron chi connectivity index (χ0n) is 16.6. The number of hydrogen-bond donors (Lipinski definition) is 0. The van der Waals surface area contributed by atoms with Crippen LogP contribution >= 0.6 is 0 Å². The van der Waals surface area contributed by atoms with E-state index in [0.29, 0.717) is 26.2 Å². The van der Waals surface area contributed by atoms with Gasteiger partial charge in [-0.15, -0.1) is 0 Å².